The van der Waals surface area contributed by atoms with Gasteiger partial charge in [0.2, 0.25) is 0 Å². The molecule has 0 aliphatic rings. The lowest BCUT2D eigenvalue weighted by Gasteiger charge is -2.14. The molecule has 120 valence electrons. The highest BCUT2D eigenvalue weighted by molar-refractivity contribution is 5.79. The Morgan fingerprint density at radius 2 is 2.09 bits per heavy atom. The molecule has 1 aromatic carbocycles. The van der Waals surface area contributed by atoms with Crippen LogP contribution >= 0.6 is 0 Å². The van der Waals surface area contributed by atoms with E-state index in [4.69, 9.17) is 0 Å². The van der Waals surface area contributed by atoms with Crippen molar-refractivity contribution in [1.29, 1.82) is 0 Å². The van der Waals surface area contributed by atoms with Gasteiger partial charge >= 0.3 is 5.97 Å². The average Bonchev–Trinajstić information content (AvgIpc) is 2.99. The molecule has 1 heterocycles. The number of aromatic amines is 1. The van der Waals surface area contributed by atoms with Gasteiger partial charge in [-0.15, -0.1) is 0 Å². The maximum atomic E-state index is 11.3. The first-order chi connectivity index (χ1) is 10.9. The molecule has 2 aromatic rings. The van der Waals surface area contributed by atoms with E-state index in [9.17, 15) is 30.1 Å². The van der Waals surface area contributed by atoms with E-state index in [1.807, 2.05) is 0 Å². The number of hydrogen-bond acceptors (Lipinski definition) is 7. The van der Waals surface area contributed by atoms with Gasteiger partial charge in [0.15, 0.2) is 0 Å². The summed E-state index contributed by atoms with van der Waals surface area (Å²) in [6.07, 6.45) is 2.86. The summed E-state index contributed by atoms with van der Waals surface area (Å²) in [5.74, 6) is -1.24. The van der Waals surface area contributed by atoms with E-state index in [2.05, 4.69) is 15.3 Å². The number of nitro benzene ring substituents is 2. The molecule has 3 N–H and O–H groups in total. The predicted molar refractivity (Wildman–Crippen MR) is 77.1 cm³/mol. The van der Waals surface area contributed by atoms with Crippen LogP contribution in [0.15, 0.2) is 30.7 Å². The van der Waals surface area contributed by atoms with Crippen LogP contribution in [0.4, 0.5) is 17.1 Å². The number of carboxylic acids is 1. The van der Waals surface area contributed by atoms with E-state index in [1.165, 1.54) is 12.5 Å². The number of H-pyrrole nitrogens is 1. The molecule has 1 atom stereocenters. The van der Waals surface area contributed by atoms with Gasteiger partial charge in [0.25, 0.3) is 11.4 Å². The van der Waals surface area contributed by atoms with Crippen molar-refractivity contribution in [2.75, 3.05) is 5.32 Å². The maximum Gasteiger partial charge on any atom is 0.326 e. The molecule has 0 radical (unpaired) electrons. The van der Waals surface area contributed by atoms with Gasteiger partial charge in [0, 0.05) is 18.7 Å². The number of aromatic nitrogens is 2. The van der Waals surface area contributed by atoms with Crippen LogP contribution in [-0.2, 0) is 11.2 Å². The molecule has 0 fully saturated rings. The minimum absolute atomic E-state index is 0.0209. The number of imidazole rings is 1. The summed E-state index contributed by atoms with van der Waals surface area (Å²) < 4.78 is 0. The Bertz CT molecular complexity index is 744. The van der Waals surface area contributed by atoms with Crippen molar-refractivity contribution in [3.05, 3.63) is 56.6 Å². The van der Waals surface area contributed by atoms with E-state index in [0.717, 1.165) is 18.2 Å². The molecule has 0 saturated heterocycles. The zero-order valence-corrected chi connectivity index (χ0v) is 11.5. The summed E-state index contributed by atoms with van der Waals surface area (Å²) in [6, 6.07) is 1.76. The zero-order valence-electron chi connectivity index (χ0n) is 11.5. The number of hydrogen-bond donors (Lipinski definition) is 3. The monoisotopic (exact) mass is 321 g/mol. The van der Waals surface area contributed by atoms with Gasteiger partial charge in [0.05, 0.1) is 27.9 Å². The van der Waals surface area contributed by atoms with Crippen molar-refractivity contribution in [1.82, 2.24) is 9.97 Å². The van der Waals surface area contributed by atoms with Crippen LogP contribution in [-0.4, -0.2) is 36.9 Å². The molecule has 0 aliphatic heterocycles. The molecule has 2 rings (SSSR count). The number of nitrogens with zero attached hydrogens (tertiary/aromatic N) is 3. The smallest absolute Gasteiger partial charge is 0.326 e. The third kappa shape index (κ3) is 3.78. The van der Waals surface area contributed by atoms with Gasteiger partial charge in [-0.25, -0.2) is 9.78 Å². The highest BCUT2D eigenvalue weighted by atomic mass is 16.6. The van der Waals surface area contributed by atoms with Gasteiger partial charge < -0.3 is 15.4 Å². The van der Waals surface area contributed by atoms with Crippen LogP contribution in [0.1, 0.15) is 5.69 Å². The van der Waals surface area contributed by atoms with Crippen molar-refractivity contribution >= 4 is 23.0 Å². The van der Waals surface area contributed by atoms with Crippen molar-refractivity contribution < 1.29 is 19.7 Å². The molecule has 0 bridgehead atoms. The number of aliphatic carboxylic acids is 1. The first kappa shape index (κ1) is 15.9. The molecule has 0 amide bonds. The molecule has 11 heteroatoms. The average molecular weight is 321 g/mol. The van der Waals surface area contributed by atoms with Crippen LogP contribution in [0.25, 0.3) is 0 Å². The normalized spacial score (nSPS) is 11.7. The number of non-ortho nitro benzene ring substituents is 1. The highest BCUT2D eigenvalue weighted by Gasteiger charge is 2.25. The number of carbonyl (C=O) groups is 1. The summed E-state index contributed by atoms with van der Waals surface area (Å²) in [7, 11) is 0. The standard InChI is InChI=1S/C12H11N5O6/c18-12(19)10(3-7-5-13-6-14-7)15-9-2-1-8(16(20)21)4-11(9)17(22)23/h1-2,4-6,10,15H,3H2,(H,13,14)(H,18,19). The summed E-state index contributed by atoms with van der Waals surface area (Å²) in [5.41, 5.74) is -0.702. The first-order valence-corrected chi connectivity index (χ1v) is 6.28. The fourth-order valence-electron chi connectivity index (χ4n) is 1.91. The third-order valence-electron chi connectivity index (χ3n) is 2.98. The van der Waals surface area contributed by atoms with Crippen LogP contribution in [0.2, 0.25) is 0 Å². The second kappa shape index (κ2) is 6.51. The van der Waals surface area contributed by atoms with Gasteiger partial charge in [0.1, 0.15) is 11.7 Å². The molecule has 1 unspecified atom stereocenters. The van der Waals surface area contributed by atoms with Gasteiger partial charge in [-0.2, -0.15) is 0 Å². The van der Waals surface area contributed by atoms with Gasteiger partial charge in [-0.05, 0) is 6.07 Å². The summed E-state index contributed by atoms with van der Waals surface area (Å²) in [6.45, 7) is 0. The fraction of sp³-hybridized carbons (Fsp3) is 0.167. The van der Waals surface area contributed by atoms with E-state index in [0.29, 0.717) is 5.69 Å². The predicted octanol–water partition coefficient (Wildman–Crippen LogP) is 1.33. The summed E-state index contributed by atoms with van der Waals surface area (Å²) >= 11 is 0. The van der Waals surface area contributed by atoms with E-state index in [1.54, 1.807) is 0 Å². The molecule has 23 heavy (non-hydrogen) atoms. The minimum Gasteiger partial charge on any atom is -0.480 e. The Labute approximate surface area is 128 Å². The molecule has 0 aliphatic carbocycles. The summed E-state index contributed by atoms with van der Waals surface area (Å²) in [4.78, 5) is 38.0. The Morgan fingerprint density at radius 3 is 2.61 bits per heavy atom. The van der Waals surface area contributed by atoms with Crippen LogP contribution in [0.5, 0.6) is 0 Å². The number of anilines is 1. The Hall–Kier alpha value is -3.50. The largest absolute Gasteiger partial charge is 0.480 e. The maximum absolute atomic E-state index is 11.3. The minimum atomic E-state index is -1.24. The number of rotatable bonds is 7. The van der Waals surface area contributed by atoms with Crippen molar-refractivity contribution in [2.45, 2.75) is 12.5 Å². The van der Waals surface area contributed by atoms with Gasteiger partial charge in [-0.3, -0.25) is 20.2 Å². The zero-order chi connectivity index (χ0) is 17.0. The lowest BCUT2D eigenvalue weighted by Crippen LogP contribution is -2.31. The summed E-state index contributed by atoms with van der Waals surface area (Å²) in [5, 5.41) is 33.5. The molecular formula is C12H11N5O6. The third-order valence-corrected chi connectivity index (χ3v) is 2.98. The quantitative estimate of drug-likeness (QED) is 0.507. The molecule has 0 saturated carbocycles. The topological polar surface area (TPSA) is 164 Å². The Morgan fingerprint density at radius 1 is 1.35 bits per heavy atom. The van der Waals surface area contributed by atoms with Crippen LogP contribution in [0, 0.1) is 20.2 Å². The fourth-order valence-corrected chi connectivity index (χ4v) is 1.91. The van der Waals surface area contributed by atoms with Crippen molar-refractivity contribution in [2.24, 2.45) is 0 Å². The lowest BCUT2D eigenvalue weighted by atomic mass is 10.1. The number of benzene rings is 1. The molecule has 0 spiro atoms. The Balaban J connectivity index is 2.30. The Kier molecular flexibility index (Phi) is 4.50. The second-order valence-corrected chi connectivity index (χ2v) is 4.52. The van der Waals surface area contributed by atoms with Gasteiger partial charge in [-0.1, -0.05) is 0 Å². The number of nitro groups is 2. The van der Waals surface area contributed by atoms with E-state index in [-0.39, 0.29) is 12.1 Å². The van der Waals surface area contributed by atoms with Crippen LogP contribution in [0.3, 0.4) is 0 Å². The number of carboxylic acid groups (broad SMARTS) is 1. The van der Waals surface area contributed by atoms with Crippen LogP contribution < -0.4 is 5.32 Å². The lowest BCUT2D eigenvalue weighted by molar-refractivity contribution is -0.393. The molecular weight excluding hydrogens is 310 g/mol. The molecule has 11 nitrogen and oxygen atoms in total. The number of nitrogens with one attached hydrogen (secondary N) is 2. The molecule has 1 aromatic heterocycles. The van der Waals surface area contributed by atoms with Crippen molar-refractivity contribution in [3.8, 4) is 0 Å². The first-order valence-electron chi connectivity index (χ1n) is 6.28. The van der Waals surface area contributed by atoms with Crippen molar-refractivity contribution in [3.63, 3.8) is 0 Å². The van der Waals surface area contributed by atoms with E-state index >= 15 is 0 Å². The highest BCUT2D eigenvalue weighted by Crippen LogP contribution is 2.29. The van der Waals surface area contributed by atoms with E-state index < -0.39 is 33.2 Å². The SMILES string of the molecule is O=C(O)C(Cc1c[nH]cn1)Nc1ccc([N+](=O)[O-])cc1[N+](=O)[O-]. The second-order valence-electron chi connectivity index (χ2n) is 4.52.